The second-order valence-electron chi connectivity index (χ2n) is 10.8. The van der Waals surface area contributed by atoms with E-state index in [1.54, 1.807) is 0 Å². The van der Waals surface area contributed by atoms with Gasteiger partial charge in [-0.2, -0.15) is 13.2 Å². The zero-order valence-electron chi connectivity index (χ0n) is 23.0. The number of alkyl halides is 3. The molecule has 1 fully saturated rings. The second-order valence-corrected chi connectivity index (χ2v) is 13.1. The van der Waals surface area contributed by atoms with Gasteiger partial charge in [0.1, 0.15) is 5.82 Å². The molecular weight excluding hydrogens is 548 g/mol. The van der Waals surface area contributed by atoms with Crippen LogP contribution >= 0.6 is 0 Å². The van der Waals surface area contributed by atoms with Gasteiger partial charge in [0, 0.05) is 17.2 Å². The van der Waals surface area contributed by atoms with Gasteiger partial charge in [0.05, 0.1) is 29.2 Å². The SMILES string of the molecule is CCS(=O)(=O)c1ccc([C@H](CO)NC(=O)c2ccc(C(NCC3CCC(C(F)(F)F)CC3)C(C)C)c(F)c2)cc1. The lowest BCUT2D eigenvalue weighted by molar-refractivity contribution is -0.183. The standard InChI is InChI=1S/C29H38F4N2O4S/c1-4-40(38,39)23-12-7-20(8-13-23)26(17-36)35-28(37)21-9-14-24(25(30)15-21)27(18(2)3)34-16-19-5-10-22(11-6-19)29(31,32)33/h7-9,12-15,18-19,22,26-27,34,36H,4-6,10-11,16-17H2,1-3H3,(H,35,37)/t19?,22?,26-,27?/m0/s1. The molecular formula is C29H38F4N2O4S. The molecule has 0 heterocycles. The molecule has 0 spiro atoms. The Morgan fingerprint density at radius 3 is 2.17 bits per heavy atom. The second kappa shape index (κ2) is 13.4. The van der Waals surface area contributed by atoms with E-state index in [1.165, 1.54) is 43.3 Å². The number of nitrogens with one attached hydrogen (secondary N) is 2. The molecule has 0 aliphatic heterocycles. The van der Waals surface area contributed by atoms with E-state index in [-0.39, 0.29) is 46.9 Å². The van der Waals surface area contributed by atoms with E-state index >= 15 is 4.39 Å². The molecule has 11 heteroatoms. The van der Waals surface area contributed by atoms with E-state index in [2.05, 4.69) is 10.6 Å². The van der Waals surface area contributed by atoms with Crippen LogP contribution in [-0.2, 0) is 9.84 Å². The number of carbonyl (C=O) groups excluding carboxylic acids is 1. The van der Waals surface area contributed by atoms with Gasteiger partial charge in [-0.1, -0.05) is 39.0 Å². The van der Waals surface area contributed by atoms with E-state index in [1.807, 2.05) is 13.8 Å². The van der Waals surface area contributed by atoms with Gasteiger partial charge >= 0.3 is 6.18 Å². The van der Waals surface area contributed by atoms with Crippen LogP contribution in [0.4, 0.5) is 17.6 Å². The molecule has 1 aliphatic carbocycles. The van der Waals surface area contributed by atoms with E-state index in [0.717, 1.165) is 6.07 Å². The van der Waals surface area contributed by atoms with Crippen LogP contribution in [0, 0.1) is 23.6 Å². The van der Waals surface area contributed by atoms with Crippen molar-refractivity contribution in [2.75, 3.05) is 18.9 Å². The fourth-order valence-electron chi connectivity index (χ4n) is 5.16. The summed E-state index contributed by atoms with van der Waals surface area (Å²) < 4.78 is 78.2. The predicted octanol–water partition coefficient (Wildman–Crippen LogP) is 5.74. The van der Waals surface area contributed by atoms with E-state index in [4.69, 9.17) is 0 Å². The molecule has 0 saturated heterocycles. The van der Waals surface area contributed by atoms with Crippen molar-refractivity contribution in [2.45, 2.75) is 69.6 Å². The number of amides is 1. The third kappa shape index (κ3) is 8.04. The summed E-state index contributed by atoms with van der Waals surface area (Å²) in [6.07, 6.45) is -3.01. The Morgan fingerprint density at radius 2 is 1.68 bits per heavy atom. The number of hydrogen-bond donors (Lipinski definition) is 3. The minimum Gasteiger partial charge on any atom is -0.394 e. The summed E-state index contributed by atoms with van der Waals surface area (Å²) in [4.78, 5) is 13.0. The number of aliphatic hydroxyl groups is 1. The Morgan fingerprint density at radius 1 is 1.05 bits per heavy atom. The predicted molar refractivity (Wildman–Crippen MR) is 145 cm³/mol. The Hall–Kier alpha value is -2.50. The van der Waals surface area contributed by atoms with Crippen LogP contribution in [0.3, 0.4) is 0 Å². The molecule has 1 amide bonds. The van der Waals surface area contributed by atoms with Crippen molar-refractivity contribution in [3.05, 3.63) is 65.0 Å². The molecule has 40 heavy (non-hydrogen) atoms. The Bertz CT molecular complexity index is 1240. The van der Waals surface area contributed by atoms with Crippen molar-refractivity contribution in [3.63, 3.8) is 0 Å². The number of halogens is 4. The van der Waals surface area contributed by atoms with Gasteiger partial charge < -0.3 is 15.7 Å². The topological polar surface area (TPSA) is 95.5 Å². The molecule has 3 rings (SSSR count). The van der Waals surface area contributed by atoms with Crippen molar-refractivity contribution in [2.24, 2.45) is 17.8 Å². The lowest BCUT2D eigenvalue weighted by Gasteiger charge is -2.32. The lowest BCUT2D eigenvalue weighted by Crippen LogP contribution is -2.35. The average molecular weight is 587 g/mol. The summed E-state index contributed by atoms with van der Waals surface area (Å²) in [5, 5.41) is 15.8. The third-order valence-electron chi connectivity index (χ3n) is 7.71. The highest BCUT2D eigenvalue weighted by atomic mass is 32.2. The number of carbonyl (C=O) groups is 1. The molecule has 1 saturated carbocycles. The molecule has 0 bridgehead atoms. The smallest absolute Gasteiger partial charge is 0.391 e. The molecule has 1 aliphatic rings. The molecule has 2 aromatic carbocycles. The fraction of sp³-hybridized carbons (Fsp3) is 0.552. The first kappa shape index (κ1) is 32.0. The van der Waals surface area contributed by atoms with Gasteiger partial charge in [-0.3, -0.25) is 4.79 Å². The van der Waals surface area contributed by atoms with Gasteiger partial charge in [-0.25, -0.2) is 12.8 Å². The number of benzene rings is 2. The normalized spacial score (nSPS) is 19.8. The highest BCUT2D eigenvalue weighted by Gasteiger charge is 2.41. The molecule has 2 atom stereocenters. The molecule has 0 aromatic heterocycles. The summed E-state index contributed by atoms with van der Waals surface area (Å²) in [5.74, 6) is -2.43. The Kier molecular flexibility index (Phi) is 10.8. The van der Waals surface area contributed by atoms with Gasteiger partial charge in [0.15, 0.2) is 9.84 Å². The quantitative estimate of drug-likeness (QED) is 0.292. The highest BCUT2D eigenvalue weighted by Crippen LogP contribution is 2.39. The molecule has 1 unspecified atom stereocenters. The van der Waals surface area contributed by atoms with Crippen LogP contribution < -0.4 is 10.6 Å². The van der Waals surface area contributed by atoms with Crippen molar-refractivity contribution in [1.29, 1.82) is 0 Å². The zero-order chi connectivity index (χ0) is 29.7. The first-order valence-electron chi connectivity index (χ1n) is 13.6. The number of aliphatic hydroxyl groups excluding tert-OH is 1. The number of rotatable bonds is 11. The van der Waals surface area contributed by atoms with Crippen LogP contribution in [0.2, 0.25) is 0 Å². The van der Waals surface area contributed by atoms with Crippen LogP contribution in [0.5, 0.6) is 0 Å². The van der Waals surface area contributed by atoms with Crippen molar-refractivity contribution in [3.8, 4) is 0 Å². The number of hydrogen-bond acceptors (Lipinski definition) is 5. The summed E-state index contributed by atoms with van der Waals surface area (Å²) in [5.41, 5.74) is 0.913. The minimum absolute atomic E-state index is 0.0149. The lowest BCUT2D eigenvalue weighted by atomic mass is 9.81. The molecule has 3 N–H and O–H groups in total. The minimum atomic E-state index is -4.16. The van der Waals surface area contributed by atoms with Gasteiger partial charge in [0.25, 0.3) is 5.91 Å². The summed E-state index contributed by atoms with van der Waals surface area (Å²) in [6.45, 7) is 5.40. The van der Waals surface area contributed by atoms with Crippen LogP contribution in [0.1, 0.15) is 80.0 Å². The van der Waals surface area contributed by atoms with Gasteiger partial charge in [-0.15, -0.1) is 0 Å². The van der Waals surface area contributed by atoms with Crippen LogP contribution in [0.25, 0.3) is 0 Å². The molecule has 6 nitrogen and oxygen atoms in total. The van der Waals surface area contributed by atoms with Crippen molar-refractivity contribution >= 4 is 15.7 Å². The summed E-state index contributed by atoms with van der Waals surface area (Å²) >= 11 is 0. The summed E-state index contributed by atoms with van der Waals surface area (Å²) in [6, 6.07) is 8.79. The maximum atomic E-state index is 15.2. The first-order valence-corrected chi connectivity index (χ1v) is 15.3. The Labute approximate surface area is 233 Å². The molecule has 0 radical (unpaired) electrons. The van der Waals surface area contributed by atoms with E-state index in [9.17, 15) is 31.5 Å². The third-order valence-corrected chi connectivity index (χ3v) is 9.46. The van der Waals surface area contributed by atoms with Crippen molar-refractivity contribution in [1.82, 2.24) is 10.6 Å². The first-order chi connectivity index (χ1) is 18.8. The zero-order valence-corrected chi connectivity index (χ0v) is 23.8. The molecule has 2 aromatic rings. The van der Waals surface area contributed by atoms with E-state index in [0.29, 0.717) is 30.5 Å². The maximum Gasteiger partial charge on any atom is 0.391 e. The highest BCUT2D eigenvalue weighted by molar-refractivity contribution is 7.91. The maximum absolute atomic E-state index is 15.2. The Balaban J connectivity index is 1.65. The molecule has 222 valence electrons. The van der Waals surface area contributed by atoms with Crippen LogP contribution in [0.15, 0.2) is 47.4 Å². The van der Waals surface area contributed by atoms with E-state index < -0.39 is 46.3 Å². The fourth-order valence-corrected chi connectivity index (χ4v) is 6.05. The van der Waals surface area contributed by atoms with Gasteiger partial charge in [-0.05, 0) is 73.9 Å². The van der Waals surface area contributed by atoms with Gasteiger partial charge in [0.2, 0.25) is 0 Å². The average Bonchev–Trinajstić information content (AvgIpc) is 2.92. The summed E-state index contributed by atoms with van der Waals surface area (Å²) in [7, 11) is -3.39. The number of sulfone groups is 1. The van der Waals surface area contributed by atoms with Crippen molar-refractivity contribution < 1.29 is 35.9 Å². The monoisotopic (exact) mass is 586 g/mol. The largest absolute Gasteiger partial charge is 0.394 e. The van der Waals surface area contributed by atoms with Crippen LogP contribution in [-0.4, -0.2) is 44.5 Å².